The number of rotatable bonds is 5. The van der Waals surface area contributed by atoms with Crippen LogP contribution in [-0.4, -0.2) is 36.1 Å². The first-order valence-electron chi connectivity index (χ1n) is 9.54. The van der Waals surface area contributed by atoms with Crippen molar-refractivity contribution in [1.82, 2.24) is 10.2 Å². The second-order valence-electron chi connectivity index (χ2n) is 7.27. The Kier molecular flexibility index (Phi) is 5.21. The third kappa shape index (κ3) is 3.88. The summed E-state index contributed by atoms with van der Waals surface area (Å²) in [6.07, 6.45) is 2.20. The van der Waals surface area contributed by atoms with Gasteiger partial charge in [0, 0.05) is 12.6 Å². The van der Waals surface area contributed by atoms with Gasteiger partial charge in [-0.05, 0) is 30.4 Å². The Labute approximate surface area is 159 Å². The average molecular weight is 364 g/mol. The Balaban J connectivity index is 1.38. The number of amides is 2. The Morgan fingerprint density at radius 1 is 1.07 bits per heavy atom. The van der Waals surface area contributed by atoms with Gasteiger partial charge < -0.3 is 10.1 Å². The molecule has 2 fully saturated rings. The average Bonchev–Trinajstić information content (AvgIpc) is 3.34. The summed E-state index contributed by atoms with van der Waals surface area (Å²) in [5.41, 5.74) is 2.24. The van der Waals surface area contributed by atoms with Crippen LogP contribution in [0, 0.1) is 5.92 Å². The largest absolute Gasteiger partial charge is 0.446 e. The van der Waals surface area contributed by atoms with Crippen molar-refractivity contribution < 1.29 is 14.3 Å². The molecule has 2 heterocycles. The van der Waals surface area contributed by atoms with Gasteiger partial charge in [-0.2, -0.15) is 0 Å². The molecule has 5 heteroatoms. The van der Waals surface area contributed by atoms with Gasteiger partial charge in [-0.25, -0.2) is 9.69 Å². The summed E-state index contributed by atoms with van der Waals surface area (Å²) in [4.78, 5) is 26.6. The molecule has 0 radical (unpaired) electrons. The molecule has 0 bridgehead atoms. The molecule has 3 atom stereocenters. The lowest BCUT2D eigenvalue weighted by atomic mass is 9.98. The Morgan fingerprint density at radius 2 is 1.78 bits per heavy atom. The highest BCUT2D eigenvalue weighted by Gasteiger charge is 2.43. The molecule has 0 aliphatic carbocycles. The smallest absolute Gasteiger partial charge is 0.417 e. The molecule has 27 heavy (non-hydrogen) atoms. The van der Waals surface area contributed by atoms with Gasteiger partial charge in [0.15, 0.2) is 0 Å². The number of nitrogens with one attached hydrogen (secondary N) is 1. The fourth-order valence-corrected chi connectivity index (χ4v) is 3.99. The molecule has 2 aromatic carbocycles. The van der Waals surface area contributed by atoms with Gasteiger partial charge >= 0.3 is 6.09 Å². The van der Waals surface area contributed by atoms with Gasteiger partial charge in [-0.1, -0.05) is 60.7 Å². The zero-order valence-electron chi connectivity index (χ0n) is 15.2. The number of nitrogens with zero attached hydrogens (tertiary/aromatic N) is 1. The first-order chi connectivity index (χ1) is 13.2. The van der Waals surface area contributed by atoms with Crippen molar-refractivity contribution in [2.75, 3.05) is 13.2 Å². The minimum Gasteiger partial charge on any atom is -0.446 e. The van der Waals surface area contributed by atoms with E-state index in [1.807, 2.05) is 48.5 Å². The van der Waals surface area contributed by atoms with Crippen LogP contribution < -0.4 is 5.32 Å². The van der Waals surface area contributed by atoms with Crippen LogP contribution >= 0.6 is 0 Å². The van der Waals surface area contributed by atoms with E-state index in [0.717, 1.165) is 24.8 Å². The Hall–Kier alpha value is -2.66. The van der Waals surface area contributed by atoms with Gasteiger partial charge in [0.05, 0.1) is 5.92 Å². The topological polar surface area (TPSA) is 58.6 Å². The third-order valence-electron chi connectivity index (χ3n) is 5.49. The van der Waals surface area contributed by atoms with Crippen LogP contribution in [0.2, 0.25) is 0 Å². The summed E-state index contributed by atoms with van der Waals surface area (Å²) < 4.78 is 5.19. The van der Waals surface area contributed by atoms with Gasteiger partial charge in [-0.3, -0.25) is 4.79 Å². The van der Waals surface area contributed by atoms with Gasteiger partial charge in [0.2, 0.25) is 5.91 Å². The third-order valence-corrected chi connectivity index (χ3v) is 5.49. The molecule has 2 aromatic rings. The van der Waals surface area contributed by atoms with Crippen LogP contribution in [-0.2, 0) is 16.0 Å². The van der Waals surface area contributed by atoms with Gasteiger partial charge in [0.1, 0.15) is 12.6 Å². The van der Waals surface area contributed by atoms with Crippen molar-refractivity contribution in [3.8, 4) is 0 Å². The SMILES string of the molecule is O=C1OCC(c2ccccc2)N1C(=O)C1CNC(CCc2ccccc2)C1. The van der Waals surface area contributed by atoms with Crippen molar-refractivity contribution in [3.63, 3.8) is 0 Å². The van der Waals surface area contributed by atoms with E-state index in [-0.39, 0.29) is 24.5 Å². The number of imide groups is 1. The fraction of sp³-hybridized carbons (Fsp3) is 0.364. The van der Waals surface area contributed by atoms with Gasteiger partial charge in [-0.15, -0.1) is 0 Å². The van der Waals surface area contributed by atoms with Crippen molar-refractivity contribution in [2.24, 2.45) is 5.92 Å². The van der Waals surface area contributed by atoms with E-state index in [4.69, 9.17) is 4.74 Å². The molecular formula is C22H24N2O3. The van der Waals surface area contributed by atoms with E-state index in [0.29, 0.717) is 12.6 Å². The number of ether oxygens (including phenoxy) is 1. The van der Waals surface area contributed by atoms with Crippen molar-refractivity contribution in [1.29, 1.82) is 0 Å². The number of hydrogen-bond acceptors (Lipinski definition) is 4. The molecule has 3 unspecified atom stereocenters. The van der Waals surface area contributed by atoms with Crippen LogP contribution in [0.25, 0.3) is 0 Å². The summed E-state index contributed by atoms with van der Waals surface area (Å²) in [5, 5.41) is 3.45. The zero-order chi connectivity index (χ0) is 18.6. The minimum absolute atomic E-state index is 0.124. The molecule has 0 spiro atoms. The van der Waals surface area contributed by atoms with Crippen LogP contribution in [0.4, 0.5) is 4.79 Å². The van der Waals surface area contributed by atoms with Crippen LogP contribution in [0.1, 0.15) is 30.0 Å². The van der Waals surface area contributed by atoms with Crippen LogP contribution in [0.5, 0.6) is 0 Å². The number of carbonyl (C=O) groups is 2. The summed E-state index contributed by atoms with van der Waals surface area (Å²) in [7, 11) is 0. The number of hydrogen-bond donors (Lipinski definition) is 1. The van der Waals surface area contributed by atoms with Crippen molar-refractivity contribution in [3.05, 3.63) is 71.8 Å². The quantitative estimate of drug-likeness (QED) is 0.884. The normalized spacial score (nSPS) is 24.8. The van der Waals surface area contributed by atoms with Crippen LogP contribution in [0.15, 0.2) is 60.7 Å². The molecule has 5 nitrogen and oxygen atoms in total. The van der Waals surface area contributed by atoms with Crippen molar-refractivity contribution in [2.45, 2.75) is 31.3 Å². The summed E-state index contributed by atoms with van der Waals surface area (Å²) in [6, 6.07) is 20.0. The molecule has 2 saturated heterocycles. The molecule has 0 saturated carbocycles. The highest BCUT2D eigenvalue weighted by molar-refractivity contribution is 5.95. The van der Waals surface area contributed by atoms with E-state index in [1.165, 1.54) is 10.5 Å². The minimum atomic E-state index is -0.526. The highest BCUT2D eigenvalue weighted by Crippen LogP contribution is 2.31. The maximum atomic E-state index is 13.0. The van der Waals surface area contributed by atoms with Gasteiger partial charge in [0.25, 0.3) is 0 Å². The lowest BCUT2D eigenvalue weighted by Crippen LogP contribution is -2.39. The summed E-state index contributed by atoms with van der Waals surface area (Å²) in [5.74, 6) is -0.302. The van der Waals surface area contributed by atoms with E-state index in [1.54, 1.807) is 0 Å². The van der Waals surface area contributed by atoms with Crippen LogP contribution in [0.3, 0.4) is 0 Å². The van der Waals surface area contributed by atoms with E-state index in [2.05, 4.69) is 17.4 Å². The molecule has 2 aliphatic rings. The number of aryl methyl sites for hydroxylation is 1. The molecule has 1 N–H and O–H groups in total. The molecule has 4 rings (SSSR count). The Morgan fingerprint density at radius 3 is 2.52 bits per heavy atom. The molecule has 140 valence electrons. The van der Waals surface area contributed by atoms with Crippen molar-refractivity contribution >= 4 is 12.0 Å². The molecule has 2 aliphatic heterocycles. The lowest BCUT2D eigenvalue weighted by molar-refractivity contribution is -0.133. The van der Waals surface area contributed by atoms with E-state index < -0.39 is 6.09 Å². The highest BCUT2D eigenvalue weighted by atomic mass is 16.6. The second kappa shape index (κ2) is 7.92. The molecule has 0 aromatic heterocycles. The predicted octanol–water partition coefficient (Wildman–Crippen LogP) is 3.32. The van der Waals surface area contributed by atoms with E-state index >= 15 is 0 Å². The maximum absolute atomic E-state index is 13.0. The fourth-order valence-electron chi connectivity index (χ4n) is 3.99. The zero-order valence-corrected chi connectivity index (χ0v) is 15.2. The lowest BCUT2D eigenvalue weighted by Gasteiger charge is -2.22. The first kappa shape index (κ1) is 17.7. The first-order valence-corrected chi connectivity index (χ1v) is 9.54. The summed E-state index contributed by atoms with van der Waals surface area (Å²) in [6.45, 7) is 0.843. The number of cyclic esters (lactones) is 1. The summed E-state index contributed by atoms with van der Waals surface area (Å²) >= 11 is 0. The predicted molar refractivity (Wildman–Crippen MR) is 102 cm³/mol. The monoisotopic (exact) mass is 364 g/mol. The maximum Gasteiger partial charge on any atom is 0.417 e. The standard InChI is InChI=1S/C22H24N2O3/c25-21(24-20(15-27-22(24)26)17-9-5-2-6-10-17)18-13-19(23-14-18)12-11-16-7-3-1-4-8-16/h1-10,18-20,23H,11-15H2. The number of benzene rings is 2. The molecular weight excluding hydrogens is 340 g/mol. The number of carbonyl (C=O) groups excluding carboxylic acids is 2. The second-order valence-corrected chi connectivity index (χ2v) is 7.27. The Bertz CT molecular complexity index is 794. The van der Waals surface area contributed by atoms with E-state index in [9.17, 15) is 9.59 Å². The molecule has 2 amide bonds.